The van der Waals surface area contributed by atoms with Crippen LogP contribution in [0.25, 0.3) is 0 Å². The van der Waals surface area contributed by atoms with Gasteiger partial charge in [-0.3, -0.25) is 15.1 Å². The topological polar surface area (TPSA) is 144 Å². The number of cyclic esters (lactones) is 1. The first-order valence-electron chi connectivity index (χ1n) is 8.98. The average Bonchev–Trinajstić information content (AvgIpc) is 3.31. The van der Waals surface area contributed by atoms with Gasteiger partial charge in [0.05, 0.1) is 6.54 Å². The Bertz CT molecular complexity index is 942. The van der Waals surface area contributed by atoms with E-state index in [0.717, 1.165) is 6.92 Å². The number of fused-ring (bicyclic) bond motifs is 1. The van der Waals surface area contributed by atoms with Crippen molar-refractivity contribution in [3.8, 4) is 17.2 Å². The molecule has 2 aromatic rings. The van der Waals surface area contributed by atoms with Crippen molar-refractivity contribution in [2.24, 2.45) is 5.73 Å². The molecule has 2 aliphatic rings. The van der Waals surface area contributed by atoms with Crippen LogP contribution in [0.2, 0.25) is 0 Å². The first kappa shape index (κ1) is 20.8. The van der Waals surface area contributed by atoms with Gasteiger partial charge in [0.2, 0.25) is 6.79 Å². The number of nitrogens with one attached hydrogen (secondary N) is 1. The SMILES string of the molecule is CC(=O)O.N=C(N)c1ccc(N2CC(COc3ccc4c(c3)OCO4)OC2=O)cc1. The number of aliphatic carboxylic acids is 1. The lowest BCUT2D eigenvalue weighted by molar-refractivity contribution is -0.134. The molecule has 2 heterocycles. The molecule has 10 nitrogen and oxygen atoms in total. The molecule has 0 aromatic heterocycles. The molecule has 1 fully saturated rings. The Morgan fingerprint density at radius 3 is 2.57 bits per heavy atom. The van der Waals surface area contributed by atoms with E-state index in [-0.39, 0.29) is 25.3 Å². The maximum absolute atomic E-state index is 12.1. The molecule has 1 atom stereocenters. The van der Waals surface area contributed by atoms with Crippen LogP contribution >= 0.6 is 0 Å². The second kappa shape index (κ2) is 9.03. The zero-order valence-corrected chi connectivity index (χ0v) is 16.2. The van der Waals surface area contributed by atoms with Crippen LogP contribution in [0.1, 0.15) is 12.5 Å². The highest BCUT2D eigenvalue weighted by molar-refractivity contribution is 5.96. The molecule has 10 heteroatoms. The first-order chi connectivity index (χ1) is 14.3. The number of carbonyl (C=O) groups is 2. The fourth-order valence-corrected chi connectivity index (χ4v) is 2.80. The van der Waals surface area contributed by atoms with Crippen LogP contribution in [0, 0.1) is 5.41 Å². The summed E-state index contributed by atoms with van der Waals surface area (Å²) < 4.78 is 21.6. The van der Waals surface area contributed by atoms with Crippen LogP contribution < -0.4 is 24.8 Å². The van der Waals surface area contributed by atoms with Gasteiger partial charge >= 0.3 is 6.09 Å². The van der Waals surface area contributed by atoms with Crippen LogP contribution in [0.5, 0.6) is 17.2 Å². The third kappa shape index (κ3) is 5.10. The van der Waals surface area contributed by atoms with Crippen molar-refractivity contribution in [1.82, 2.24) is 0 Å². The number of carboxylic acid groups (broad SMARTS) is 1. The summed E-state index contributed by atoms with van der Waals surface area (Å²) in [7, 11) is 0. The van der Waals surface area contributed by atoms with E-state index in [1.54, 1.807) is 42.5 Å². The van der Waals surface area contributed by atoms with Crippen LogP contribution in [0.4, 0.5) is 10.5 Å². The minimum absolute atomic E-state index is 0.0180. The number of amides is 1. The molecule has 1 unspecified atom stereocenters. The van der Waals surface area contributed by atoms with Gasteiger partial charge in [0.1, 0.15) is 18.2 Å². The number of nitrogens with two attached hydrogens (primary N) is 1. The minimum atomic E-state index is -0.833. The zero-order valence-electron chi connectivity index (χ0n) is 16.2. The monoisotopic (exact) mass is 415 g/mol. The van der Waals surface area contributed by atoms with E-state index in [4.69, 9.17) is 40.0 Å². The predicted molar refractivity (Wildman–Crippen MR) is 106 cm³/mol. The minimum Gasteiger partial charge on any atom is -0.490 e. The highest BCUT2D eigenvalue weighted by Crippen LogP contribution is 2.35. The van der Waals surface area contributed by atoms with Crippen molar-refractivity contribution in [2.45, 2.75) is 13.0 Å². The summed E-state index contributed by atoms with van der Waals surface area (Å²) in [5.41, 5.74) is 6.73. The van der Waals surface area contributed by atoms with E-state index in [2.05, 4.69) is 0 Å². The molecule has 4 N–H and O–H groups in total. The molecule has 0 aliphatic carbocycles. The van der Waals surface area contributed by atoms with E-state index >= 15 is 0 Å². The normalized spacial score (nSPS) is 16.4. The Morgan fingerprint density at radius 2 is 1.90 bits per heavy atom. The van der Waals surface area contributed by atoms with Crippen LogP contribution in [-0.4, -0.2) is 49.1 Å². The molecular formula is C20H21N3O7. The third-order valence-corrected chi connectivity index (χ3v) is 4.14. The number of hydrogen-bond donors (Lipinski definition) is 3. The number of carboxylic acids is 1. The van der Waals surface area contributed by atoms with Gasteiger partial charge in [0.25, 0.3) is 5.97 Å². The lowest BCUT2D eigenvalue weighted by Gasteiger charge is -2.13. The summed E-state index contributed by atoms with van der Waals surface area (Å²) in [6.45, 7) is 1.90. The second-order valence-electron chi connectivity index (χ2n) is 6.42. The standard InChI is InChI=1S/C18H17N3O5.C2H4O2/c19-17(20)11-1-3-12(4-2-11)21-8-14(26-18(21)22)9-23-13-5-6-15-16(7-13)25-10-24-15;1-2(3)4/h1-7,14H,8-10H2,(H3,19,20);1H3,(H,3,4). The smallest absolute Gasteiger partial charge is 0.414 e. The maximum Gasteiger partial charge on any atom is 0.414 e. The van der Waals surface area contributed by atoms with Crippen LogP contribution in [-0.2, 0) is 9.53 Å². The molecule has 1 amide bonds. The van der Waals surface area contributed by atoms with Gasteiger partial charge in [0.15, 0.2) is 17.6 Å². The Kier molecular flexibility index (Phi) is 6.26. The Hall–Kier alpha value is -3.95. The van der Waals surface area contributed by atoms with Gasteiger partial charge in [-0.05, 0) is 36.4 Å². The van der Waals surface area contributed by atoms with E-state index in [1.165, 1.54) is 4.90 Å². The molecule has 0 radical (unpaired) electrons. The van der Waals surface area contributed by atoms with E-state index in [1.807, 2.05) is 0 Å². The van der Waals surface area contributed by atoms with Crippen molar-refractivity contribution < 1.29 is 33.6 Å². The lowest BCUT2D eigenvalue weighted by Crippen LogP contribution is -2.26. The Labute approximate surface area is 172 Å². The number of anilines is 1. The highest BCUT2D eigenvalue weighted by atomic mass is 16.7. The third-order valence-electron chi connectivity index (χ3n) is 4.14. The number of ether oxygens (including phenoxy) is 4. The van der Waals surface area contributed by atoms with Gasteiger partial charge in [-0.15, -0.1) is 0 Å². The molecule has 0 bridgehead atoms. The number of nitrogens with zero attached hydrogens (tertiary/aromatic N) is 1. The van der Waals surface area contributed by atoms with Gasteiger partial charge in [-0.1, -0.05) is 0 Å². The van der Waals surface area contributed by atoms with Crippen LogP contribution in [0.3, 0.4) is 0 Å². The number of carbonyl (C=O) groups excluding carboxylic acids is 1. The fraction of sp³-hybridized carbons (Fsp3) is 0.250. The first-order valence-corrected chi connectivity index (χ1v) is 8.98. The van der Waals surface area contributed by atoms with Crippen molar-refractivity contribution >= 4 is 23.6 Å². The van der Waals surface area contributed by atoms with Crippen molar-refractivity contribution in [3.63, 3.8) is 0 Å². The average molecular weight is 415 g/mol. The largest absolute Gasteiger partial charge is 0.490 e. The van der Waals surface area contributed by atoms with Gasteiger partial charge in [0, 0.05) is 24.2 Å². The van der Waals surface area contributed by atoms with E-state index < -0.39 is 12.1 Å². The molecular weight excluding hydrogens is 394 g/mol. The summed E-state index contributed by atoms with van der Waals surface area (Å²) >= 11 is 0. The molecule has 30 heavy (non-hydrogen) atoms. The highest BCUT2D eigenvalue weighted by Gasteiger charge is 2.33. The van der Waals surface area contributed by atoms with Gasteiger partial charge in [-0.25, -0.2) is 4.79 Å². The van der Waals surface area contributed by atoms with Gasteiger partial charge < -0.3 is 29.8 Å². The molecule has 158 valence electrons. The quantitative estimate of drug-likeness (QED) is 0.498. The lowest BCUT2D eigenvalue weighted by atomic mass is 10.2. The number of nitrogen functional groups attached to an aromatic ring is 1. The summed E-state index contributed by atoms with van der Waals surface area (Å²) in [6, 6.07) is 12.2. The molecule has 1 saturated heterocycles. The second-order valence-corrected chi connectivity index (χ2v) is 6.42. The summed E-state index contributed by atoms with van der Waals surface area (Å²) in [5.74, 6) is 1.09. The van der Waals surface area contributed by atoms with E-state index in [0.29, 0.717) is 35.0 Å². The van der Waals surface area contributed by atoms with E-state index in [9.17, 15) is 4.79 Å². The number of amidine groups is 1. The Balaban J connectivity index is 0.000000589. The number of hydrogen-bond acceptors (Lipinski definition) is 7. The van der Waals surface area contributed by atoms with Crippen molar-refractivity contribution in [1.29, 1.82) is 5.41 Å². The molecule has 4 rings (SSSR count). The van der Waals surface area contributed by atoms with Gasteiger partial charge in [-0.2, -0.15) is 0 Å². The molecule has 2 aromatic carbocycles. The van der Waals surface area contributed by atoms with Crippen LogP contribution in [0.15, 0.2) is 42.5 Å². The zero-order chi connectivity index (χ0) is 21.7. The molecule has 2 aliphatic heterocycles. The predicted octanol–water partition coefficient (Wildman–Crippen LogP) is 2.19. The number of rotatable bonds is 5. The summed E-state index contributed by atoms with van der Waals surface area (Å²) in [5, 5.41) is 14.8. The van der Waals surface area contributed by atoms with Crippen molar-refractivity contribution in [2.75, 3.05) is 24.8 Å². The fourth-order valence-electron chi connectivity index (χ4n) is 2.80. The summed E-state index contributed by atoms with van der Waals surface area (Å²) in [4.78, 5) is 22.6. The van der Waals surface area contributed by atoms with Crippen molar-refractivity contribution in [3.05, 3.63) is 48.0 Å². The molecule has 0 spiro atoms. The molecule has 0 saturated carbocycles. The maximum atomic E-state index is 12.1. The number of benzene rings is 2. The summed E-state index contributed by atoms with van der Waals surface area (Å²) in [6.07, 6.45) is -0.819. The Morgan fingerprint density at radius 1 is 1.23 bits per heavy atom.